The molecule has 135 valence electrons. The van der Waals surface area contributed by atoms with Crippen molar-refractivity contribution in [1.82, 2.24) is 5.32 Å². The predicted molar refractivity (Wildman–Crippen MR) is 97.2 cm³/mol. The second-order valence-corrected chi connectivity index (χ2v) is 6.16. The summed E-state index contributed by atoms with van der Waals surface area (Å²) in [6.07, 6.45) is -0.324. The first-order valence-corrected chi connectivity index (χ1v) is 8.38. The lowest BCUT2D eigenvalue weighted by atomic mass is 10.0. The normalized spacial score (nSPS) is 16.5. The highest BCUT2D eigenvalue weighted by atomic mass is 19.1. The fraction of sp³-hybridized carbons (Fsp3) is 0.250. The van der Waals surface area contributed by atoms with E-state index < -0.39 is 18.0 Å². The van der Waals surface area contributed by atoms with Gasteiger partial charge in [0.05, 0.1) is 18.8 Å². The zero-order valence-corrected chi connectivity index (χ0v) is 14.5. The minimum atomic E-state index is -0.549. The Morgan fingerprint density at radius 3 is 2.65 bits per heavy atom. The summed E-state index contributed by atoms with van der Waals surface area (Å²) in [7, 11) is 0. The maximum absolute atomic E-state index is 14.6. The number of anilines is 1. The number of hydrogen-bond donors (Lipinski definition) is 1. The van der Waals surface area contributed by atoms with E-state index in [1.54, 1.807) is 12.1 Å². The van der Waals surface area contributed by atoms with Crippen LogP contribution in [0.4, 0.5) is 14.9 Å². The van der Waals surface area contributed by atoms with Crippen LogP contribution in [0, 0.1) is 12.7 Å². The molecule has 1 saturated heterocycles. The van der Waals surface area contributed by atoms with E-state index >= 15 is 0 Å². The molecule has 1 aliphatic heterocycles. The van der Waals surface area contributed by atoms with E-state index in [2.05, 4.69) is 12.2 Å². The molecule has 0 aliphatic carbocycles. The number of nitrogens with zero attached hydrogens (tertiary/aromatic N) is 1. The quantitative estimate of drug-likeness (QED) is 0.895. The minimum Gasteiger partial charge on any atom is -0.442 e. The van der Waals surface area contributed by atoms with E-state index in [0.29, 0.717) is 17.7 Å². The number of cyclic esters (lactones) is 1. The number of nitrogens with one attached hydrogen (secondary N) is 1. The molecule has 0 bridgehead atoms. The van der Waals surface area contributed by atoms with Gasteiger partial charge in [0.1, 0.15) is 11.9 Å². The van der Waals surface area contributed by atoms with Crippen LogP contribution >= 0.6 is 0 Å². The number of ether oxygens (including phenoxy) is 1. The van der Waals surface area contributed by atoms with E-state index in [4.69, 9.17) is 4.74 Å². The first-order chi connectivity index (χ1) is 12.5. The molecule has 3 rings (SSSR count). The third-order valence-corrected chi connectivity index (χ3v) is 4.27. The van der Waals surface area contributed by atoms with Gasteiger partial charge in [-0.15, -0.1) is 0 Å². The van der Waals surface area contributed by atoms with Crippen LogP contribution in [0.5, 0.6) is 0 Å². The molecule has 2 aromatic carbocycles. The highest BCUT2D eigenvalue weighted by Gasteiger charge is 2.32. The van der Waals surface area contributed by atoms with Gasteiger partial charge in [0, 0.05) is 12.5 Å². The highest BCUT2D eigenvalue weighted by Crippen LogP contribution is 2.29. The summed E-state index contributed by atoms with van der Waals surface area (Å²) in [5.74, 6) is -0.609. The number of carbonyl (C=O) groups excluding carboxylic acids is 2. The van der Waals surface area contributed by atoms with Gasteiger partial charge in [-0.05, 0) is 42.7 Å². The predicted octanol–water partition coefficient (Wildman–Crippen LogP) is 3.33. The molecule has 0 unspecified atom stereocenters. The topological polar surface area (TPSA) is 58.6 Å². The molecule has 2 amide bonds. The van der Waals surface area contributed by atoms with E-state index in [0.717, 1.165) is 11.1 Å². The van der Waals surface area contributed by atoms with Crippen molar-refractivity contribution in [1.29, 1.82) is 0 Å². The van der Waals surface area contributed by atoms with Crippen molar-refractivity contribution in [2.24, 2.45) is 0 Å². The van der Waals surface area contributed by atoms with Crippen molar-refractivity contribution in [2.45, 2.75) is 19.4 Å². The molecule has 0 aromatic heterocycles. The lowest BCUT2D eigenvalue weighted by Gasteiger charge is -2.14. The number of carbonyl (C=O) groups is 2. The van der Waals surface area contributed by atoms with Crippen LogP contribution in [0.25, 0.3) is 11.1 Å². The third-order valence-electron chi connectivity index (χ3n) is 4.27. The average molecular weight is 355 g/mol. The Morgan fingerprint density at radius 1 is 1.31 bits per heavy atom. The van der Waals surface area contributed by atoms with Crippen molar-refractivity contribution in [2.75, 3.05) is 18.0 Å². The van der Waals surface area contributed by atoms with Gasteiger partial charge in [-0.25, -0.2) is 9.18 Å². The Morgan fingerprint density at radius 2 is 2.04 bits per heavy atom. The number of rotatable bonds is 5. The van der Waals surface area contributed by atoms with E-state index in [1.165, 1.54) is 17.9 Å². The fourth-order valence-corrected chi connectivity index (χ4v) is 2.85. The van der Waals surface area contributed by atoms with Crippen LogP contribution in [-0.4, -0.2) is 31.2 Å². The lowest BCUT2D eigenvalue weighted by Crippen LogP contribution is -2.33. The van der Waals surface area contributed by atoms with Crippen LogP contribution in [0.3, 0.4) is 0 Å². The largest absolute Gasteiger partial charge is 0.442 e. The van der Waals surface area contributed by atoms with Gasteiger partial charge in [-0.1, -0.05) is 24.3 Å². The van der Waals surface area contributed by atoms with Gasteiger partial charge in [0.2, 0.25) is 5.91 Å². The lowest BCUT2D eigenvalue weighted by molar-refractivity contribution is -0.119. The SMILES string of the molecule is [CH2]Cc1ccc(-c2ccc(N3C[C@H](CNC(C)=O)OC3=O)cc2F)cc1. The maximum Gasteiger partial charge on any atom is 0.414 e. The average Bonchev–Trinajstić information content (AvgIpc) is 3.01. The Balaban J connectivity index is 1.76. The molecule has 0 spiro atoms. The van der Waals surface area contributed by atoms with E-state index in [9.17, 15) is 14.0 Å². The first-order valence-electron chi connectivity index (χ1n) is 8.38. The van der Waals surface area contributed by atoms with Crippen molar-refractivity contribution < 1.29 is 18.7 Å². The Labute approximate surface area is 151 Å². The second kappa shape index (κ2) is 7.56. The molecule has 1 aliphatic rings. The minimum absolute atomic E-state index is 0.195. The van der Waals surface area contributed by atoms with Crippen molar-refractivity contribution in [3.63, 3.8) is 0 Å². The summed E-state index contributed by atoms with van der Waals surface area (Å²) in [5, 5.41) is 2.61. The van der Waals surface area contributed by atoms with Gasteiger partial charge in [0.25, 0.3) is 0 Å². The van der Waals surface area contributed by atoms with Crippen molar-refractivity contribution in [3.8, 4) is 11.1 Å². The molecule has 1 radical (unpaired) electrons. The molecule has 1 atom stereocenters. The van der Waals surface area contributed by atoms with Crippen LogP contribution in [0.1, 0.15) is 12.5 Å². The van der Waals surface area contributed by atoms with Gasteiger partial charge in [0.15, 0.2) is 0 Å². The van der Waals surface area contributed by atoms with E-state index in [1.807, 2.05) is 24.3 Å². The van der Waals surface area contributed by atoms with Gasteiger partial charge in [-0.2, -0.15) is 0 Å². The molecule has 6 heteroatoms. The third kappa shape index (κ3) is 3.85. The van der Waals surface area contributed by atoms with Crippen molar-refractivity contribution in [3.05, 3.63) is 60.8 Å². The number of benzene rings is 2. The van der Waals surface area contributed by atoms with E-state index in [-0.39, 0.29) is 19.0 Å². The molecule has 1 N–H and O–H groups in total. The number of halogens is 1. The molecule has 26 heavy (non-hydrogen) atoms. The standard InChI is InChI=1S/C20H20FN2O3/c1-3-14-4-6-15(7-5-14)18-9-8-16(10-19(18)21)23-12-17(26-20(23)25)11-22-13(2)24/h4-10,17H,1,3,11-12H2,2H3,(H,22,24)/t17-/m0/s1. The van der Waals surface area contributed by atoms with Gasteiger partial charge >= 0.3 is 6.09 Å². The molecule has 1 fully saturated rings. The summed E-state index contributed by atoms with van der Waals surface area (Å²) in [4.78, 5) is 24.4. The number of hydrogen-bond acceptors (Lipinski definition) is 3. The summed E-state index contributed by atoms with van der Waals surface area (Å²) < 4.78 is 19.8. The van der Waals surface area contributed by atoms with Crippen LogP contribution in [0.15, 0.2) is 42.5 Å². The molecular formula is C20H20FN2O3. The zero-order valence-electron chi connectivity index (χ0n) is 14.5. The molecule has 2 aromatic rings. The van der Waals surface area contributed by atoms with Crippen molar-refractivity contribution >= 4 is 17.7 Å². The van der Waals surface area contributed by atoms with Crippen LogP contribution < -0.4 is 10.2 Å². The van der Waals surface area contributed by atoms with Gasteiger partial charge < -0.3 is 10.1 Å². The summed E-state index contributed by atoms with van der Waals surface area (Å²) in [6, 6.07) is 12.2. The highest BCUT2D eigenvalue weighted by molar-refractivity contribution is 5.90. The Bertz CT molecular complexity index is 820. The molecule has 1 heterocycles. The fourth-order valence-electron chi connectivity index (χ4n) is 2.85. The zero-order chi connectivity index (χ0) is 18.7. The molecule has 0 saturated carbocycles. The van der Waals surface area contributed by atoms with Crippen LogP contribution in [-0.2, 0) is 16.0 Å². The molecular weight excluding hydrogens is 335 g/mol. The second-order valence-electron chi connectivity index (χ2n) is 6.16. The Hall–Kier alpha value is -2.89. The van der Waals surface area contributed by atoms with Crippen LogP contribution in [0.2, 0.25) is 0 Å². The number of amides is 2. The maximum atomic E-state index is 14.6. The molecule has 5 nitrogen and oxygen atoms in total. The first kappa shape index (κ1) is 17.9. The smallest absolute Gasteiger partial charge is 0.414 e. The monoisotopic (exact) mass is 355 g/mol. The summed E-state index contributed by atoms with van der Waals surface area (Å²) in [6.45, 7) is 5.71. The van der Waals surface area contributed by atoms with Gasteiger partial charge in [-0.3, -0.25) is 9.69 Å². The summed E-state index contributed by atoms with van der Waals surface area (Å²) in [5.41, 5.74) is 2.73. The summed E-state index contributed by atoms with van der Waals surface area (Å²) >= 11 is 0. The Kier molecular flexibility index (Phi) is 5.21.